The van der Waals surface area contributed by atoms with Crippen LogP contribution in [0.1, 0.15) is 62.6 Å². The molecule has 0 radical (unpaired) electrons. The quantitative estimate of drug-likeness (QED) is 0.929. The summed E-state index contributed by atoms with van der Waals surface area (Å²) in [6, 6.07) is 0. The number of hydrogen-bond donors (Lipinski definition) is 1. The van der Waals surface area contributed by atoms with Crippen molar-refractivity contribution in [2.24, 2.45) is 0 Å². The molecule has 118 valence electrons. The van der Waals surface area contributed by atoms with E-state index in [0.717, 1.165) is 37.9 Å². The van der Waals surface area contributed by atoms with Crippen LogP contribution in [0.15, 0.2) is 4.52 Å². The molecule has 0 amide bonds. The summed E-state index contributed by atoms with van der Waals surface area (Å²) in [6.45, 7) is 4.13. The summed E-state index contributed by atoms with van der Waals surface area (Å²) in [5.41, 5.74) is 0.338. The third kappa shape index (κ3) is 3.10. The summed E-state index contributed by atoms with van der Waals surface area (Å²) in [5, 5.41) is 7.74. The SMILES string of the molecule is C1CCC2(CC1)CNCCN2Cc1nc(C2CC2)no1.Cl. The molecule has 1 spiro atoms. The van der Waals surface area contributed by atoms with E-state index < -0.39 is 0 Å². The lowest BCUT2D eigenvalue weighted by Gasteiger charge is -2.49. The predicted molar refractivity (Wildman–Crippen MR) is 82.6 cm³/mol. The van der Waals surface area contributed by atoms with Crippen molar-refractivity contribution < 1.29 is 4.52 Å². The summed E-state index contributed by atoms with van der Waals surface area (Å²) in [4.78, 5) is 7.21. The molecule has 0 atom stereocenters. The summed E-state index contributed by atoms with van der Waals surface area (Å²) in [6.07, 6.45) is 9.19. The van der Waals surface area contributed by atoms with Crippen molar-refractivity contribution in [2.45, 2.75) is 62.9 Å². The number of rotatable bonds is 3. The highest BCUT2D eigenvalue weighted by molar-refractivity contribution is 5.85. The zero-order valence-corrected chi connectivity index (χ0v) is 13.3. The standard InChI is InChI=1S/C15H24N4O.ClH/c1-2-6-15(7-3-1)11-16-8-9-19(15)10-13-17-14(18-20-13)12-4-5-12;/h12,16H,1-11H2;1H. The van der Waals surface area contributed by atoms with Crippen molar-refractivity contribution in [1.82, 2.24) is 20.4 Å². The maximum atomic E-state index is 5.48. The Kier molecular flexibility index (Phi) is 4.52. The van der Waals surface area contributed by atoms with Gasteiger partial charge in [-0.1, -0.05) is 24.4 Å². The topological polar surface area (TPSA) is 54.2 Å². The molecule has 21 heavy (non-hydrogen) atoms. The van der Waals surface area contributed by atoms with Crippen LogP contribution >= 0.6 is 12.4 Å². The first-order valence-corrected chi connectivity index (χ1v) is 8.14. The molecule has 0 aromatic carbocycles. The lowest BCUT2D eigenvalue weighted by atomic mass is 9.79. The maximum absolute atomic E-state index is 5.48. The fraction of sp³-hybridized carbons (Fsp3) is 0.867. The highest BCUT2D eigenvalue weighted by atomic mass is 35.5. The molecule has 1 saturated heterocycles. The third-order valence-electron chi connectivity index (χ3n) is 5.22. The molecule has 2 saturated carbocycles. The Hall–Kier alpha value is -0.650. The molecule has 5 nitrogen and oxygen atoms in total. The Morgan fingerprint density at radius 1 is 1.24 bits per heavy atom. The van der Waals surface area contributed by atoms with Crippen LogP contribution < -0.4 is 5.32 Å². The predicted octanol–water partition coefficient (Wildman–Crippen LogP) is 2.48. The fourth-order valence-corrected chi connectivity index (χ4v) is 3.84. The number of nitrogens with zero attached hydrogens (tertiary/aromatic N) is 3. The normalized spacial score (nSPS) is 25.7. The minimum Gasteiger partial charge on any atom is -0.338 e. The molecule has 2 heterocycles. The van der Waals surface area contributed by atoms with Crippen LogP contribution in [0.2, 0.25) is 0 Å². The van der Waals surface area contributed by atoms with E-state index in [1.54, 1.807) is 0 Å². The van der Waals surface area contributed by atoms with E-state index in [0.29, 0.717) is 11.5 Å². The number of hydrogen-bond acceptors (Lipinski definition) is 5. The van der Waals surface area contributed by atoms with Crippen LogP contribution in [-0.4, -0.2) is 40.2 Å². The van der Waals surface area contributed by atoms with Gasteiger partial charge in [-0.15, -0.1) is 12.4 Å². The van der Waals surface area contributed by atoms with Crippen molar-refractivity contribution >= 4 is 12.4 Å². The molecule has 1 aromatic rings. The van der Waals surface area contributed by atoms with E-state index in [-0.39, 0.29) is 12.4 Å². The van der Waals surface area contributed by atoms with Gasteiger partial charge in [-0.05, 0) is 25.7 Å². The highest BCUT2D eigenvalue weighted by Gasteiger charge is 2.40. The summed E-state index contributed by atoms with van der Waals surface area (Å²) in [5.74, 6) is 2.34. The monoisotopic (exact) mass is 312 g/mol. The van der Waals surface area contributed by atoms with Gasteiger partial charge < -0.3 is 9.84 Å². The van der Waals surface area contributed by atoms with Crippen LogP contribution in [0, 0.1) is 0 Å². The second kappa shape index (κ2) is 6.23. The molecule has 3 aliphatic rings. The fourth-order valence-electron chi connectivity index (χ4n) is 3.84. The Bertz CT molecular complexity index is 460. The molecule has 2 aliphatic carbocycles. The smallest absolute Gasteiger partial charge is 0.240 e. The largest absolute Gasteiger partial charge is 0.338 e. The molecule has 1 N–H and O–H groups in total. The van der Waals surface area contributed by atoms with Crippen molar-refractivity contribution in [2.75, 3.05) is 19.6 Å². The number of nitrogens with one attached hydrogen (secondary N) is 1. The molecular formula is C15H25ClN4O. The van der Waals surface area contributed by atoms with Crippen LogP contribution in [0.4, 0.5) is 0 Å². The average molecular weight is 313 g/mol. The van der Waals surface area contributed by atoms with Crippen molar-refractivity contribution in [3.8, 4) is 0 Å². The first kappa shape index (κ1) is 15.3. The molecule has 1 aromatic heterocycles. The molecule has 0 bridgehead atoms. The average Bonchev–Trinajstić information content (AvgIpc) is 3.23. The van der Waals surface area contributed by atoms with E-state index in [1.807, 2.05) is 0 Å². The number of aromatic nitrogens is 2. The Balaban J connectivity index is 0.00000132. The number of piperazine rings is 1. The van der Waals surface area contributed by atoms with Crippen LogP contribution in [0.3, 0.4) is 0 Å². The first-order valence-electron chi connectivity index (χ1n) is 8.14. The van der Waals surface area contributed by atoms with Gasteiger partial charge in [0.25, 0.3) is 0 Å². The van der Waals surface area contributed by atoms with Crippen LogP contribution in [0.5, 0.6) is 0 Å². The summed E-state index contributed by atoms with van der Waals surface area (Å²) in [7, 11) is 0. The van der Waals surface area contributed by atoms with Gasteiger partial charge >= 0.3 is 0 Å². The molecule has 4 rings (SSSR count). The van der Waals surface area contributed by atoms with Crippen molar-refractivity contribution in [1.29, 1.82) is 0 Å². The van der Waals surface area contributed by atoms with Gasteiger partial charge in [-0.25, -0.2) is 0 Å². The van der Waals surface area contributed by atoms with E-state index >= 15 is 0 Å². The van der Waals surface area contributed by atoms with Crippen LogP contribution in [-0.2, 0) is 6.54 Å². The van der Waals surface area contributed by atoms with Gasteiger partial charge in [0.2, 0.25) is 5.89 Å². The van der Waals surface area contributed by atoms with Crippen molar-refractivity contribution in [3.63, 3.8) is 0 Å². The Morgan fingerprint density at radius 3 is 2.81 bits per heavy atom. The van der Waals surface area contributed by atoms with Gasteiger partial charge in [-0.2, -0.15) is 4.98 Å². The highest BCUT2D eigenvalue weighted by Crippen LogP contribution is 2.39. The first-order chi connectivity index (χ1) is 9.86. The minimum atomic E-state index is 0. The van der Waals surface area contributed by atoms with E-state index in [9.17, 15) is 0 Å². The third-order valence-corrected chi connectivity index (χ3v) is 5.22. The Labute approximate surface area is 132 Å². The van der Waals surface area contributed by atoms with E-state index in [2.05, 4.69) is 20.4 Å². The van der Waals surface area contributed by atoms with Crippen LogP contribution in [0.25, 0.3) is 0 Å². The Morgan fingerprint density at radius 2 is 2.05 bits per heavy atom. The molecule has 6 heteroatoms. The second-order valence-electron chi connectivity index (χ2n) is 6.70. The maximum Gasteiger partial charge on any atom is 0.240 e. The van der Waals surface area contributed by atoms with Gasteiger partial charge in [0.1, 0.15) is 0 Å². The summed E-state index contributed by atoms with van der Waals surface area (Å²) >= 11 is 0. The van der Waals surface area contributed by atoms with Gasteiger partial charge in [0.15, 0.2) is 5.82 Å². The molecule has 3 fully saturated rings. The lowest BCUT2D eigenvalue weighted by molar-refractivity contribution is 0.0135. The van der Waals surface area contributed by atoms with Gasteiger partial charge in [0.05, 0.1) is 6.54 Å². The molecular weight excluding hydrogens is 288 g/mol. The number of halogens is 1. The molecule has 1 aliphatic heterocycles. The van der Waals surface area contributed by atoms with Gasteiger partial charge in [0, 0.05) is 31.1 Å². The molecule has 0 unspecified atom stereocenters. The minimum absolute atomic E-state index is 0. The zero-order chi connectivity index (χ0) is 13.4. The summed E-state index contributed by atoms with van der Waals surface area (Å²) < 4.78 is 5.48. The van der Waals surface area contributed by atoms with E-state index in [1.165, 1.54) is 44.9 Å². The van der Waals surface area contributed by atoms with Gasteiger partial charge in [-0.3, -0.25) is 4.90 Å². The van der Waals surface area contributed by atoms with Crippen molar-refractivity contribution in [3.05, 3.63) is 11.7 Å². The zero-order valence-electron chi connectivity index (χ0n) is 12.5. The lowest BCUT2D eigenvalue weighted by Crippen LogP contribution is -2.61. The second-order valence-corrected chi connectivity index (χ2v) is 6.70. The van der Waals surface area contributed by atoms with E-state index in [4.69, 9.17) is 4.52 Å².